The number of hydrogen-bond acceptors (Lipinski definition) is 6. The number of hydrogen-bond donors (Lipinski definition) is 1. The Morgan fingerprint density at radius 3 is 2.65 bits per heavy atom. The lowest BCUT2D eigenvalue weighted by molar-refractivity contribution is -0.153. The van der Waals surface area contributed by atoms with Crippen LogP contribution in [0, 0.1) is 5.92 Å². The number of ether oxygens (including phenoxy) is 2. The summed E-state index contributed by atoms with van der Waals surface area (Å²) in [6.45, 7) is 6.54. The Morgan fingerprint density at radius 1 is 1.43 bits per heavy atom. The van der Waals surface area contributed by atoms with Crippen molar-refractivity contribution in [2.45, 2.75) is 52.6 Å². The molecule has 1 amide bonds. The minimum atomic E-state index is -0.731. The zero-order valence-electron chi connectivity index (χ0n) is 13.6. The molecule has 23 heavy (non-hydrogen) atoms. The van der Waals surface area contributed by atoms with Gasteiger partial charge in [0.15, 0.2) is 12.3 Å². The van der Waals surface area contributed by atoms with Crippen molar-refractivity contribution in [2.75, 3.05) is 5.32 Å². The molecule has 2 heterocycles. The average molecular weight is 323 g/mol. The second kappa shape index (κ2) is 6.91. The highest BCUT2D eigenvalue weighted by Gasteiger charge is 2.44. The number of carbonyl (C=O) groups is 2. The summed E-state index contributed by atoms with van der Waals surface area (Å²) < 4.78 is 12.5. The number of amides is 1. The highest BCUT2D eigenvalue weighted by molar-refractivity contribution is 5.87. The fraction of sp³-hybridized carbons (Fsp3) is 0.600. The van der Waals surface area contributed by atoms with E-state index in [9.17, 15) is 14.4 Å². The second-order valence-corrected chi connectivity index (χ2v) is 5.59. The lowest BCUT2D eigenvalue weighted by atomic mass is 9.98. The van der Waals surface area contributed by atoms with Crippen LogP contribution in [0.2, 0.25) is 0 Å². The van der Waals surface area contributed by atoms with E-state index in [1.807, 2.05) is 13.8 Å². The molecule has 1 saturated heterocycles. The maximum atomic E-state index is 12.2. The summed E-state index contributed by atoms with van der Waals surface area (Å²) in [5.74, 6) is -0.621. The number of carbonyl (C=O) groups excluding carboxylic acids is 2. The molecule has 0 bridgehead atoms. The molecule has 1 aromatic heterocycles. The van der Waals surface area contributed by atoms with Crippen molar-refractivity contribution in [3.63, 3.8) is 0 Å². The molecule has 8 heteroatoms. The highest BCUT2D eigenvalue weighted by Crippen LogP contribution is 2.36. The summed E-state index contributed by atoms with van der Waals surface area (Å²) in [4.78, 5) is 38.4. The van der Waals surface area contributed by atoms with Gasteiger partial charge in [0.05, 0.1) is 6.10 Å². The normalized spacial score (nSPS) is 26.8. The number of anilines is 1. The fourth-order valence-corrected chi connectivity index (χ4v) is 2.76. The maximum absolute atomic E-state index is 12.2. The molecule has 0 aromatic carbocycles. The largest absolute Gasteiger partial charge is 0.457 e. The van der Waals surface area contributed by atoms with E-state index in [-0.39, 0.29) is 23.7 Å². The zero-order valence-corrected chi connectivity index (χ0v) is 13.6. The van der Waals surface area contributed by atoms with Crippen LogP contribution in [0.5, 0.6) is 0 Å². The summed E-state index contributed by atoms with van der Waals surface area (Å²) in [6, 6.07) is 1.50. The molecule has 1 aromatic rings. The molecule has 1 N–H and O–H groups in total. The van der Waals surface area contributed by atoms with Gasteiger partial charge in [-0.3, -0.25) is 14.2 Å². The van der Waals surface area contributed by atoms with Gasteiger partial charge in [0.25, 0.3) is 0 Å². The molecule has 1 fully saturated rings. The average Bonchev–Trinajstić information content (AvgIpc) is 2.75. The minimum Gasteiger partial charge on any atom is -0.457 e. The molecule has 8 nitrogen and oxygen atoms in total. The van der Waals surface area contributed by atoms with Crippen LogP contribution in [-0.4, -0.2) is 33.6 Å². The van der Waals surface area contributed by atoms with Crippen molar-refractivity contribution in [3.05, 3.63) is 22.7 Å². The number of esters is 1. The van der Waals surface area contributed by atoms with Crippen LogP contribution in [-0.2, 0) is 19.1 Å². The fourth-order valence-electron chi connectivity index (χ4n) is 2.76. The molecule has 2 rings (SSSR count). The van der Waals surface area contributed by atoms with Gasteiger partial charge in [-0.15, -0.1) is 0 Å². The minimum absolute atomic E-state index is 0.0455. The molecule has 0 saturated carbocycles. The van der Waals surface area contributed by atoms with E-state index in [2.05, 4.69) is 10.3 Å². The van der Waals surface area contributed by atoms with Gasteiger partial charge in [-0.1, -0.05) is 13.8 Å². The number of rotatable bonds is 4. The van der Waals surface area contributed by atoms with E-state index >= 15 is 0 Å². The quantitative estimate of drug-likeness (QED) is 0.832. The van der Waals surface area contributed by atoms with Crippen molar-refractivity contribution < 1.29 is 19.1 Å². The van der Waals surface area contributed by atoms with Crippen molar-refractivity contribution in [3.8, 4) is 0 Å². The molecule has 0 radical (unpaired) electrons. The molecule has 1 aliphatic rings. The predicted molar refractivity (Wildman–Crippen MR) is 81.7 cm³/mol. The van der Waals surface area contributed by atoms with Gasteiger partial charge in [0.2, 0.25) is 5.91 Å². The zero-order chi connectivity index (χ0) is 17.1. The third-order valence-corrected chi connectivity index (χ3v) is 3.81. The van der Waals surface area contributed by atoms with Gasteiger partial charge in [-0.2, -0.15) is 4.98 Å². The highest BCUT2D eigenvalue weighted by atomic mass is 16.6. The van der Waals surface area contributed by atoms with Gasteiger partial charge in [0, 0.05) is 26.0 Å². The Kier molecular flexibility index (Phi) is 5.15. The van der Waals surface area contributed by atoms with E-state index in [4.69, 9.17) is 9.47 Å². The molecule has 4 atom stereocenters. The van der Waals surface area contributed by atoms with Crippen LogP contribution >= 0.6 is 0 Å². The van der Waals surface area contributed by atoms with Gasteiger partial charge >= 0.3 is 11.7 Å². The first-order valence-electron chi connectivity index (χ1n) is 7.53. The van der Waals surface area contributed by atoms with E-state index in [1.165, 1.54) is 30.7 Å². The van der Waals surface area contributed by atoms with Crippen LogP contribution < -0.4 is 11.0 Å². The van der Waals surface area contributed by atoms with E-state index in [1.54, 1.807) is 0 Å². The summed E-state index contributed by atoms with van der Waals surface area (Å²) >= 11 is 0. The Hall–Kier alpha value is -2.22. The van der Waals surface area contributed by atoms with Crippen molar-refractivity contribution >= 4 is 17.7 Å². The van der Waals surface area contributed by atoms with Gasteiger partial charge < -0.3 is 14.8 Å². The third-order valence-electron chi connectivity index (χ3n) is 3.81. The van der Waals surface area contributed by atoms with Crippen LogP contribution in [0.25, 0.3) is 0 Å². The van der Waals surface area contributed by atoms with Crippen molar-refractivity contribution in [1.29, 1.82) is 0 Å². The Morgan fingerprint density at radius 2 is 2.13 bits per heavy atom. The molecule has 0 aliphatic carbocycles. The first kappa shape index (κ1) is 17.1. The topological polar surface area (TPSA) is 99.5 Å². The van der Waals surface area contributed by atoms with Crippen molar-refractivity contribution in [1.82, 2.24) is 9.55 Å². The molecule has 126 valence electrons. The van der Waals surface area contributed by atoms with Crippen molar-refractivity contribution in [2.24, 2.45) is 5.92 Å². The Bertz CT molecular complexity index is 657. The molecule has 0 spiro atoms. The first-order chi connectivity index (χ1) is 10.8. The maximum Gasteiger partial charge on any atom is 0.351 e. The van der Waals surface area contributed by atoms with Crippen LogP contribution in [0.3, 0.4) is 0 Å². The summed E-state index contributed by atoms with van der Waals surface area (Å²) in [5.41, 5.74) is -0.581. The standard InChI is InChI=1S/C15H21N3O5/c1-5-11-8(2)13(22-10(4)20)14(23-11)18-7-6-12(16-9(3)19)17-15(18)21/h6-8,11,13-14H,5H2,1-4H3,(H,16,17,19,21). The first-order valence-corrected chi connectivity index (χ1v) is 7.53. The molecular formula is C15H21N3O5. The lowest BCUT2D eigenvalue weighted by Crippen LogP contribution is -2.35. The Labute approximate surface area is 133 Å². The number of nitrogens with zero attached hydrogens (tertiary/aromatic N) is 2. The SMILES string of the molecule is CCC1OC(n2ccc(NC(C)=O)nc2=O)C(OC(C)=O)C1C. The smallest absolute Gasteiger partial charge is 0.351 e. The van der Waals surface area contributed by atoms with Gasteiger partial charge in [0.1, 0.15) is 5.82 Å². The van der Waals surface area contributed by atoms with E-state index in [0.717, 1.165) is 6.42 Å². The van der Waals surface area contributed by atoms with E-state index in [0.29, 0.717) is 0 Å². The molecular weight excluding hydrogens is 302 g/mol. The summed E-state index contributed by atoms with van der Waals surface area (Å²) in [7, 11) is 0. The molecule has 4 unspecified atom stereocenters. The van der Waals surface area contributed by atoms with Gasteiger partial charge in [-0.25, -0.2) is 4.79 Å². The molecule has 1 aliphatic heterocycles. The lowest BCUT2D eigenvalue weighted by Gasteiger charge is -2.22. The van der Waals surface area contributed by atoms with E-state index < -0.39 is 24.0 Å². The number of aromatic nitrogens is 2. The summed E-state index contributed by atoms with van der Waals surface area (Å²) in [6.07, 6.45) is 0.800. The Balaban J connectivity index is 2.32. The predicted octanol–water partition coefficient (Wildman–Crippen LogP) is 1.08. The monoisotopic (exact) mass is 323 g/mol. The van der Waals surface area contributed by atoms with Crippen LogP contribution in [0.1, 0.15) is 40.3 Å². The summed E-state index contributed by atoms with van der Waals surface area (Å²) in [5, 5.41) is 2.45. The number of nitrogens with one attached hydrogen (secondary N) is 1. The van der Waals surface area contributed by atoms with Gasteiger partial charge in [-0.05, 0) is 12.5 Å². The third kappa shape index (κ3) is 3.76. The second-order valence-electron chi connectivity index (χ2n) is 5.59. The van der Waals surface area contributed by atoms with Crippen LogP contribution in [0.15, 0.2) is 17.1 Å². The van der Waals surface area contributed by atoms with Crippen LogP contribution in [0.4, 0.5) is 5.82 Å².